The third-order valence-electron chi connectivity index (χ3n) is 4.48. The second-order valence-corrected chi connectivity index (χ2v) is 7.01. The predicted octanol–water partition coefficient (Wildman–Crippen LogP) is 3.68. The van der Waals surface area contributed by atoms with E-state index in [9.17, 15) is 9.59 Å². The fourth-order valence-electron chi connectivity index (χ4n) is 3.07. The highest BCUT2D eigenvalue weighted by Crippen LogP contribution is 2.28. The maximum atomic E-state index is 13.1. The molecule has 2 amide bonds. The van der Waals surface area contributed by atoms with E-state index < -0.39 is 6.04 Å². The van der Waals surface area contributed by atoms with Gasteiger partial charge in [-0.1, -0.05) is 43.6 Å². The van der Waals surface area contributed by atoms with Gasteiger partial charge in [-0.15, -0.1) is 0 Å². The van der Waals surface area contributed by atoms with E-state index >= 15 is 0 Å². The van der Waals surface area contributed by atoms with E-state index in [0.29, 0.717) is 17.1 Å². The van der Waals surface area contributed by atoms with E-state index in [-0.39, 0.29) is 17.7 Å². The van der Waals surface area contributed by atoms with Gasteiger partial charge in [0.1, 0.15) is 6.04 Å². The van der Waals surface area contributed by atoms with Crippen LogP contribution in [0, 0.1) is 5.92 Å². The van der Waals surface area contributed by atoms with Crippen molar-refractivity contribution in [3.8, 4) is 0 Å². The van der Waals surface area contributed by atoms with Gasteiger partial charge in [-0.05, 0) is 48.2 Å². The summed E-state index contributed by atoms with van der Waals surface area (Å²) in [4.78, 5) is 27.4. The molecule has 0 aliphatic carbocycles. The summed E-state index contributed by atoms with van der Waals surface area (Å²) in [7, 11) is 0. The molecule has 2 aromatic rings. The Morgan fingerprint density at radius 1 is 1.08 bits per heavy atom. The van der Waals surface area contributed by atoms with Crippen LogP contribution in [0.1, 0.15) is 29.8 Å². The van der Waals surface area contributed by atoms with Crippen LogP contribution < -0.4 is 10.2 Å². The van der Waals surface area contributed by atoms with Crippen molar-refractivity contribution in [3.63, 3.8) is 0 Å². The van der Waals surface area contributed by atoms with Gasteiger partial charge in [0, 0.05) is 22.8 Å². The molecule has 3 rings (SSSR count). The summed E-state index contributed by atoms with van der Waals surface area (Å²) in [5.41, 5.74) is 2.60. The van der Waals surface area contributed by atoms with E-state index in [1.54, 1.807) is 29.2 Å². The Hall–Kier alpha value is -2.33. The number of hydrogen-bond acceptors (Lipinski definition) is 2. The molecule has 25 heavy (non-hydrogen) atoms. The van der Waals surface area contributed by atoms with Gasteiger partial charge in [-0.3, -0.25) is 9.59 Å². The minimum atomic E-state index is -0.575. The molecule has 2 aromatic carbocycles. The third kappa shape index (κ3) is 3.69. The molecule has 1 atom stereocenters. The van der Waals surface area contributed by atoms with Gasteiger partial charge < -0.3 is 10.2 Å². The van der Waals surface area contributed by atoms with E-state index in [0.717, 1.165) is 12.1 Å². The number of rotatable bonds is 4. The van der Waals surface area contributed by atoms with Crippen LogP contribution in [0.2, 0.25) is 5.02 Å². The first-order valence-electron chi connectivity index (χ1n) is 8.43. The molecule has 1 N–H and O–H groups in total. The Morgan fingerprint density at radius 2 is 1.76 bits per heavy atom. The Balaban J connectivity index is 1.78. The molecule has 1 aliphatic heterocycles. The number of benzene rings is 2. The predicted molar refractivity (Wildman–Crippen MR) is 100 cm³/mol. The lowest BCUT2D eigenvalue weighted by atomic mass is 10.0. The lowest BCUT2D eigenvalue weighted by Crippen LogP contribution is -2.51. The lowest BCUT2D eigenvalue weighted by Gasteiger charge is -2.27. The normalized spacial score (nSPS) is 14.3. The SMILES string of the molecule is CC(C)[C@H](NC(=O)c1ccc(Cl)cc1)C(=O)N1CCc2ccccc21. The zero-order chi connectivity index (χ0) is 18.0. The third-order valence-corrected chi connectivity index (χ3v) is 4.73. The monoisotopic (exact) mass is 356 g/mol. The quantitative estimate of drug-likeness (QED) is 0.908. The molecular formula is C20H21ClN2O2. The van der Waals surface area contributed by atoms with Crippen molar-refractivity contribution in [1.29, 1.82) is 0 Å². The molecule has 0 aromatic heterocycles. The molecule has 4 nitrogen and oxygen atoms in total. The lowest BCUT2D eigenvalue weighted by molar-refractivity contribution is -0.121. The van der Waals surface area contributed by atoms with Gasteiger partial charge in [-0.25, -0.2) is 0 Å². The highest BCUT2D eigenvalue weighted by atomic mass is 35.5. The van der Waals surface area contributed by atoms with Crippen LogP contribution in [-0.4, -0.2) is 24.4 Å². The van der Waals surface area contributed by atoms with Crippen molar-refractivity contribution in [2.24, 2.45) is 5.92 Å². The molecule has 130 valence electrons. The number of amides is 2. The summed E-state index contributed by atoms with van der Waals surface area (Å²) in [6.45, 7) is 4.53. The number of carbonyl (C=O) groups is 2. The first kappa shape index (κ1) is 17.5. The van der Waals surface area contributed by atoms with Crippen LogP contribution in [0.3, 0.4) is 0 Å². The average molecular weight is 357 g/mol. The molecular weight excluding hydrogens is 336 g/mol. The van der Waals surface area contributed by atoms with Crippen molar-refractivity contribution >= 4 is 29.1 Å². The second kappa shape index (κ2) is 7.28. The molecule has 0 unspecified atom stereocenters. The summed E-state index contributed by atoms with van der Waals surface area (Å²) < 4.78 is 0. The molecule has 5 heteroatoms. The van der Waals surface area contributed by atoms with Crippen molar-refractivity contribution in [2.45, 2.75) is 26.3 Å². The largest absolute Gasteiger partial charge is 0.340 e. The molecule has 1 aliphatic rings. The van der Waals surface area contributed by atoms with E-state index in [1.165, 1.54) is 5.56 Å². The molecule has 0 fully saturated rings. The molecule has 1 heterocycles. The van der Waals surface area contributed by atoms with Crippen LogP contribution in [0.25, 0.3) is 0 Å². The van der Waals surface area contributed by atoms with Crippen molar-refractivity contribution in [3.05, 3.63) is 64.7 Å². The van der Waals surface area contributed by atoms with Crippen LogP contribution >= 0.6 is 11.6 Å². The standard InChI is InChI=1S/C20H21ClN2O2/c1-13(2)18(22-19(24)15-7-9-16(21)10-8-15)20(25)23-12-11-14-5-3-4-6-17(14)23/h3-10,13,18H,11-12H2,1-2H3,(H,22,24)/t18-/m0/s1. The minimum absolute atomic E-state index is 0.0171. The maximum absolute atomic E-state index is 13.1. The van der Waals surface area contributed by atoms with Gasteiger partial charge in [0.15, 0.2) is 0 Å². The summed E-state index contributed by atoms with van der Waals surface area (Å²) in [5.74, 6) is -0.352. The Labute approximate surface area is 152 Å². The van der Waals surface area contributed by atoms with Crippen molar-refractivity contribution in [2.75, 3.05) is 11.4 Å². The van der Waals surface area contributed by atoms with E-state index in [4.69, 9.17) is 11.6 Å². The summed E-state index contributed by atoms with van der Waals surface area (Å²) in [6, 6.07) is 14.0. The van der Waals surface area contributed by atoms with Crippen molar-refractivity contribution < 1.29 is 9.59 Å². The van der Waals surface area contributed by atoms with E-state index in [1.807, 2.05) is 38.1 Å². The second-order valence-electron chi connectivity index (χ2n) is 6.57. The molecule has 0 saturated heterocycles. The Bertz CT molecular complexity index is 787. The zero-order valence-corrected chi connectivity index (χ0v) is 15.1. The highest BCUT2D eigenvalue weighted by molar-refractivity contribution is 6.30. The fourth-order valence-corrected chi connectivity index (χ4v) is 3.20. The van der Waals surface area contributed by atoms with Crippen LogP contribution in [-0.2, 0) is 11.2 Å². The first-order valence-corrected chi connectivity index (χ1v) is 8.81. The van der Waals surface area contributed by atoms with Gasteiger partial charge in [0.05, 0.1) is 0 Å². The summed E-state index contributed by atoms with van der Waals surface area (Å²) in [5, 5.41) is 3.46. The van der Waals surface area contributed by atoms with Gasteiger partial charge in [0.25, 0.3) is 5.91 Å². The number of carbonyl (C=O) groups excluding carboxylic acids is 2. The molecule has 0 radical (unpaired) electrons. The van der Waals surface area contributed by atoms with Crippen molar-refractivity contribution in [1.82, 2.24) is 5.32 Å². The molecule has 0 spiro atoms. The van der Waals surface area contributed by atoms with Gasteiger partial charge in [-0.2, -0.15) is 0 Å². The number of para-hydroxylation sites is 1. The van der Waals surface area contributed by atoms with E-state index in [2.05, 4.69) is 5.32 Å². The van der Waals surface area contributed by atoms with Crippen LogP contribution in [0.15, 0.2) is 48.5 Å². The number of nitrogens with one attached hydrogen (secondary N) is 1. The van der Waals surface area contributed by atoms with Crippen LogP contribution in [0.4, 0.5) is 5.69 Å². The van der Waals surface area contributed by atoms with Gasteiger partial charge in [0.2, 0.25) is 5.91 Å². The number of nitrogens with zero attached hydrogens (tertiary/aromatic N) is 1. The van der Waals surface area contributed by atoms with Crippen LogP contribution in [0.5, 0.6) is 0 Å². The molecule has 0 bridgehead atoms. The maximum Gasteiger partial charge on any atom is 0.251 e. The topological polar surface area (TPSA) is 49.4 Å². The fraction of sp³-hybridized carbons (Fsp3) is 0.300. The number of hydrogen-bond donors (Lipinski definition) is 1. The number of anilines is 1. The Kier molecular flexibility index (Phi) is 5.09. The Morgan fingerprint density at radius 3 is 2.44 bits per heavy atom. The molecule has 0 saturated carbocycles. The summed E-state index contributed by atoms with van der Waals surface area (Å²) >= 11 is 5.86. The summed E-state index contributed by atoms with van der Waals surface area (Å²) in [6.07, 6.45) is 0.845. The first-order chi connectivity index (χ1) is 12.0. The number of fused-ring (bicyclic) bond motifs is 1. The minimum Gasteiger partial charge on any atom is -0.340 e. The highest BCUT2D eigenvalue weighted by Gasteiger charge is 2.32. The average Bonchev–Trinajstić information content (AvgIpc) is 3.03. The number of halogens is 1. The van der Waals surface area contributed by atoms with Gasteiger partial charge >= 0.3 is 0 Å². The zero-order valence-electron chi connectivity index (χ0n) is 14.3. The smallest absolute Gasteiger partial charge is 0.251 e.